The predicted molar refractivity (Wildman–Crippen MR) is 75.2 cm³/mol. The highest BCUT2D eigenvalue weighted by Crippen LogP contribution is 2.04. The number of allylic oxidation sites excluding steroid dienone is 2. The van der Waals surface area contributed by atoms with Crippen LogP contribution in [0.15, 0.2) is 53.1 Å². The molecule has 1 N–H and O–H groups in total. The second kappa shape index (κ2) is 6.74. The summed E-state index contributed by atoms with van der Waals surface area (Å²) < 4.78 is 12.8. The van der Waals surface area contributed by atoms with Crippen LogP contribution >= 0.6 is 0 Å². The van der Waals surface area contributed by atoms with E-state index in [1.165, 1.54) is 12.1 Å². The van der Waals surface area contributed by atoms with Crippen LogP contribution in [0.3, 0.4) is 0 Å². The van der Waals surface area contributed by atoms with Gasteiger partial charge in [0.2, 0.25) is 0 Å². The van der Waals surface area contributed by atoms with Crippen LogP contribution in [0, 0.1) is 5.82 Å². The van der Waals surface area contributed by atoms with E-state index < -0.39 is 0 Å². The molecule has 1 aromatic carbocycles. The molecule has 2 nitrogen and oxygen atoms in total. The number of nitrogens with zero attached hydrogens (tertiary/aromatic N) is 1. The van der Waals surface area contributed by atoms with Crippen molar-refractivity contribution in [3.8, 4) is 0 Å². The number of nitrogens with one attached hydrogen (secondary N) is 1. The first-order chi connectivity index (χ1) is 8.52. The summed E-state index contributed by atoms with van der Waals surface area (Å²) in [5.41, 5.74) is 3.03. The van der Waals surface area contributed by atoms with Crippen molar-refractivity contribution in [2.24, 2.45) is 4.99 Å². The summed E-state index contributed by atoms with van der Waals surface area (Å²) in [5, 5.41) is 3.23. The van der Waals surface area contributed by atoms with Crippen molar-refractivity contribution in [3.05, 3.63) is 59.4 Å². The highest BCUT2D eigenvalue weighted by Gasteiger charge is 2.01. The monoisotopic (exact) mass is 246 g/mol. The Morgan fingerprint density at radius 2 is 1.94 bits per heavy atom. The molecule has 0 saturated carbocycles. The Balaban J connectivity index is 2.66. The summed E-state index contributed by atoms with van der Waals surface area (Å²) in [5.74, 6) is 0.601. The normalized spacial score (nSPS) is 12.4. The number of hydrogen-bond donors (Lipinski definition) is 1. The van der Waals surface area contributed by atoms with Gasteiger partial charge in [-0.15, -0.1) is 0 Å². The number of aliphatic imine (C=N–C) groups is 1. The first kappa shape index (κ1) is 14.2. The molecule has 3 heteroatoms. The third-order valence-electron chi connectivity index (χ3n) is 2.43. The molecule has 0 amide bonds. The zero-order valence-corrected chi connectivity index (χ0v) is 11.1. The van der Waals surface area contributed by atoms with Gasteiger partial charge >= 0.3 is 0 Å². The maximum Gasteiger partial charge on any atom is 0.123 e. The van der Waals surface area contributed by atoms with E-state index in [0.29, 0.717) is 6.54 Å². The number of hydrogen-bond acceptors (Lipinski definition) is 1. The highest BCUT2D eigenvalue weighted by molar-refractivity contribution is 5.98. The van der Waals surface area contributed by atoms with Gasteiger partial charge in [-0.2, -0.15) is 0 Å². The minimum atomic E-state index is -0.221. The summed E-state index contributed by atoms with van der Waals surface area (Å²) in [6.07, 6.45) is 1.97. The van der Waals surface area contributed by atoms with Gasteiger partial charge in [0.25, 0.3) is 0 Å². The van der Waals surface area contributed by atoms with Crippen molar-refractivity contribution < 1.29 is 4.39 Å². The molecule has 1 aromatic rings. The third-order valence-corrected chi connectivity index (χ3v) is 2.43. The van der Waals surface area contributed by atoms with Crippen molar-refractivity contribution in [2.75, 3.05) is 7.05 Å². The molecule has 0 atom stereocenters. The Labute approximate surface area is 108 Å². The average Bonchev–Trinajstić information content (AvgIpc) is 2.31. The predicted octanol–water partition coefficient (Wildman–Crippen LogP) is 3.47. The van der Waals surface area contributed by atoms with Crippen molar-refractivity contribution in [1.82, 2.24) is 5.32 Å². The minimum Gasteiger partial charge on any atom is -0.366 e. The van der Waals surface area contributed by atoms with Crippen LogP contribution in [0.2, 0.25) is 0 Å². The molecule has 0 unspecified atom stereocenters. The van der Waals surface area contributed by atoms with Crippen molar-refractivity contribution in [2.45, 2.75) is 20.4 Å². The first-order valence-electron chi connectivity index (χ1n) is 5.82. The Kier molecular flexibility index (Phi) is 5.31. The van der Waals surface area contributed by atoms with E-state index in [1.807, 2.05) is 19.9 Å². The van der Waals surface area contributed by atoms with Gasteiger partial charge in [-0.3, -0.25) is 4.99 Å². The molecule has 0 aliphatic heterocycles. The Hall–Kier alpha value is -1.90. The van der Waals surface area contributed by atoms with E-state index in [-0.39, 0.29) is 5.82 Å². The van der Waals surface area contributed by atoms with Gasteiger partial charge in [-0.25, -0.2) is 4.39 Å². The topological polar surface area (TPSA) is 24.4 Å². The van der Waals surface area contributed by atoms with Gasteiger partial charge < -0.3 is 5.32 Å². The van der Waals surface area contributed by atoms with E-state index in [9.17, 15) is 4.39 Å². The van der Waals surface area contributed by atoms with E-state index >= 15 is 0 Å². The Bertz CT molecular complexity index is 470. The van der Waals surface area contributed by atoms with Gasteiger partial charge in [0.05, 0.1) is 0 Å². The molecule has 0 spiro atoms. The fourth-order valence-electron chi connectivity index (χ4n) is 1.62. The number of benzene rings is 1. The molecule has 1 rings (SSSR count). The second-order valence-electron chi connectivity index (χ2n) is 4.23. The molecule has 18 heavy (non-hydrogen) atoms. The maximum atomic E-state index is 12.8. The zero-order valence-electron chi connectivity index (χ0n) is 11.1. The van der Waals surface area contributed by atoms with Crippen LogP contribution in [0.4, 0.5) is 4.39 Å². The molecule has 96 valence electrons. The highest BCUT2D eigenvalue weighted by atomic mass is 19.1. The zero-order chi connectivity index (χ0) is 13.5. The quantitative estimate of drug-likeness (QED) is 0.491. The van der Waals surface area contributed by atoms with Crippen molar-refractivity contribution >= 4 is 5.84 Å². The summed E-state index contributed by atoms with van der Waals surface area (Å²) >= 11 is 0. The molecule has 0 heterocycles. The lowest BCUT2D eigenvalue weighted by molar-refractivity contribution is 0.626. The summed E-state index contributed by atoms with van der Waals surface area (Å²) in [4.78, 5) is 4.20. The largest absolute Gasteiger partial charge is 0.366 e. The van der Waals surface area contributed by atoms with E-state index in [4.69, 9.17) is 0 Å². The average molecular weight is 246 g/mol. The van der Waals surface area contributed by atoms with Crippen molar-refractivity contribution in [1.29, 1.82) is 0 Å². The second-order valence-corrected chi connectivity index (χ2v) is 4.23. The van der Waals surface area contributed by atoms with E-state index in [2.05, 4.69) is 16.9 Å². The molecule has 0 saturated heterocycles. The summed E-state index contributed by atoms with van der Waals surface area (Å²) in [6.45, 7) is 8.38. The Morgan fingerprint density at radius 3 is 2.44 bits per heavy atom. The molecule has 0 aromatic heterocycles. The van der Waals surface area contributed by atoms with Crippen LogP contribution in [-0.2, 0) is 6.54 Å². The first-order valence-corrected chi connectivity index (χ1v) is 5.82. The summed E-state index contributed by atoms with van der Waals surface area (Å²) in [6, 6.07) is 6.42. The Morgan fingerprint density at radius 1 is 1.33 bits per heavy atom. The van der Waals surface area contributed by atoms with Crippen LogP contribution in [0.25, 0.3) is 0 Å². The number of rotatable bonds is 4. The lowest BCUT2D eigenvalue weighted by atomic mass is 10.1. The minimum absolute atomic E-state index is 0.221. The fourth-order valence-corrected chi connectivity index (χ4v) is 1.62. The summed E-state index contributed by atoms with van der Waals surface area (Å²) in [7, 11) is 1.74. The molecule has 0 fully saturated rings. The maximum absolute atomic E-state index is 12.8. The van der Waals surface area contributed by atoms with Crippen molar-refractivity contribution in [3.63, 3.8) is 0 Å². The van der Waals surface area contributed by atoms with Crippen LogP contribution in [-0.4, -0.2) is 12.9 Å². The number of halogens is 1. The fraction of sp³-hybridized carbons (Fsp3) is 0.267. The van der Waals surface area contributed by atoms with E-state index in [0.717, 1.165) is 22.5 Å². The van der Waals surface area contributed by atoms with Gasteiger partial charge in [0.1, 0.15) is 11.7 Å². The van der Waals surface area contributed by atoms with Gasteiger partial charge in [0.15, 0.2) is 0 Å². The van der Waals surface area contributed by atoms with Gasteiger partial charge in [-0.1, -0.05) is 30.4 Å². The molecule has 0 aliphatic carbocycles. The SMILES string of the molecule is C=C(C)C=C(C)C(=NC)NCc1ccc(F)cc1. The number of amidine groups is 1. The lowest BCUT2D eigenvalue weighted by Crippen LogP contribution is -2.24. The van der Waals surface area contributed by atoms with Crippen LogP contribution < -0.4 is 5.32 Å². The molecular weight excluding hydrogens is 227 g/mol. The van der Waals surface area contributed by atoms with Gasteiger partial charge in [-0.05, 0) is 37.1 Å². The van der Waals surface area contributed by atoms with Gasteiger partial charge in [0, 0.05) is 13.6 Å². The molecular formula is C15H19FN2. The molecule has 0 aliphatic rings. The smallest absolute Gasteiger partial charge is 0.123 e. The third kappa shape index (κ3) is 4.53. The lowest BCUT2D eigenvalue weighted by Gasteiger charge is -2.10. The van der Waals surface area contributed by atoms with Crippen LogP contribution in [0.1, 0.15) is 19.4 Å². The molecule has 0 bridgehead atoms. The van der Waals surface area contributed by atoms with E-state index in [1.54, 1.807) is 19.2 Å². The van der Waals surface area contributed by atoms with Crippen LogP contribution in [0.5, 0.6) is 0 Å². The standard InChI is InChI=1S/C15H19FN2/c1-11(2)9-12(3)15(17-4)18-10-13-5-7-14(16)8-6-13/h5-9H,1,10H2,2-4H3,(H,17,18). The molecule has 0 radical (unpaired) electrons.